The number of hydrogen-bond donors (Lipinski definition) is 2. The van der Waals surface area contributed by atoms with Crippen molar-refractivity contribution in [1.29, 1.82) is 0 Å². The van der Waals surface area contributed by atoms with E-state index in [1.165, 1.54) is 4.31 Å². The Morgan fingerprint density at radius 1 is 1.43 bits per heavy atom. The van der Waals surface area contributed by atoms with Gasteiger partial charge in [0.1, 0.15) is 0 Å². The Labute approximate surface area is 138 Å². The number of nitrogens with two attached hydrogens (primary N) is 1. The van der Waals surface area contributed by atoms with Crippen LogP contribution < -0.4 is 15.4 Å². The molecule has 128 valence electrons. The zero-order valence-corrected chi connectivity index (χ0v) is 14.7. The van der Waals surface area contributed by atoms with Gasteiger partial charge >= 0.3 is 0 Å². The molecular weight excluding hydrogens is 314 g/mol. The molecule has 1 aliphatic heterocycles. The summed E-state index contributed by atoms with van der Waals surface area (Å²) in [5.41, 5.74) is 7.13. The zero-order chi connectivity index (χ0) is 17.3. The molecule has 1 fully saturated rings. The highest BCUT2D eigenvalue weighted by molar-refractivity contribution is 7.93. The van der Waals surface area contributed by atoms with Gasteiger partial charge in [0.2, 0.25) is 15.9 Å². The van der Waals surface area contributed by atoms with Crippen LogP contribution in [0.15, 0.2) is 18.2 Å². The molecular formula is C16H25N3O3S. The maximum absolute atomic E-state index is 12.3. The molecule has 0 saturated carbocycles. The molecule has 3 N–H and O–H groups in total. The summed E-state index contributed by atoms with van der Waals surface area (Å²) in [5.74, 6) is -0.0983. The van der Waals surface area contributed by atoms with E-state index in [1.807, 2.05) is 19.9 Å². The van der Waals surface area contributed by atoms with E-state index in [0.29, 0.717) is 30.8 Å². The lowest BCUT2D eigenvalue weighted by molar-refractivity contribution is -0.120. The molecule has 1 amide bonds. The van der Waals surface area contributed by atoms with E-state index in [2.05, 4.69) is 5.32 Å². The Balaban J connectivity index is 2.26. The van der Waals surface area contributed by atoms with E-state index in [-0.39, 0.29) is 11.7 Å². The lowest BCUT2D eigenvalue weighted by Gasteiger charge is -2.24. The molecule has 1 aromatic carbocycles. The van der Waals surface area contributed by atoms with Crippen molar-refractivity contribution in [3.05, 3.63) is 23.8 Å². The highest BCUT2D eigenvalue weighted by Crippen LogP contribution is 2.30. The van der Waals surface area contributed by atoms with Crippen LogP contribution in [0.1, 0.15) is 38.7 Å². The average molecular weight is 339 g/mol. The molecule has 0 aromatic heterocycles. The Morgan fingerprint density at radius 2 is 2.13 bits per heavy atom. The van der Waals surface area contributed by atoms with E-state index in [4.69, 9.17) is 5.73 Å². The van der Waals surface area contributed by atoms with E-state index in [9.17, 15) is 13.2 Å². The van der Waals surface area contributed by atoms with Crippen molar-refractivity contribution in [2.75, 3.05) is 21.9 Å². The first kappa shape index (κ1) is 17.7. The standard InChI is InChI=1S/C16H25N3O3S/c1-4-8-16(3,17)15(20)18-13-7-6-12(2)14(11-13)19-9-5-10-23(19,21)22/h6-7,11H,4-5,8-10,17H2,1-3H3,(H,18,20). The van der Waals surface area contributed by atoms with Crippen LogP contribution in [0.3, 0.4) is 0 Å². The Kier molecular flexibility index (Phi) is 5.01. The van der Waals surface area contributed by atoms with Crippen molar-refractivity contribution in [2.45, 2.75) is 45.6 Å². The number of amides is 1. The molecule has 6 nitrogen and oxygen atoms in total. The van der Waals surface area contributed by atoms with Gasteiger partial charge in [-0.1, -0.05) is 19.4 Å². The summed E-state index contributed by atoms with van der Waals surface area (Å²) in [7, 11) is -3.25. The topological polar surface area (TPSA) is 92.5 Å². The molecule has 0 aliphatic carbocycles. The van der Waals surface area contributed by atoms with Crippen molar-refractivity contribution >= 4 is 27.3 Å². The van der Waals surface area contributed by atoms with Gasteiger partial charge < -0.3 is 11.1 Å². The Bertz CT molecular complexity index is 699. The summed E-state index contributed by atoms with van der Waals surface area (Å²) in [6, 6.07) is 5.28. The summed E-state index contributed by atoms with van der Waals surface area (Å²) < 4.78 is 25.6. The number of carbonyl (C=O) groups excluding carboxylic acids is 1. The normalized spacial score (nSPS) is 19.4. The predicted octanol–water partition coefficient (Wildman–Crippen LogP) is 1.99. The smallest absolute Gasteiger partial charge is 0.244 e. The van der Waals surface area contributed by atoms with Gasteiger partial charge in [0.25, 0.3) is 0 Å². The van der Waals surface area contributed by atoms with Crippen LogP contribution in [-0.4, -0.2) is 32.2 Å². The van der Waals surface area contributed by atoms with Crippen molar-refractivity contribution < 1.29 is 13.2 Å². The molecule has 2 rings (SSSR count). The number of hydrogen-bond acceptors (Lipinski definition) is 4. The average Bonchev–Trinajstić information content (AvgIpc) is 2.80. The third-order valence-corrected chi connectivity index (χ3v) is 5.98. The number of aryl methyl sites for hydroxylation is 1. The molecule has 1 saturated heterocycles. The first-order chi connectivity index (χ1) is 10.7. The molecule has 1 atom stereocenters. The molecule has 1 aliphatic rings. The number of sulfonamides is 1. The fourth-order valence-corrected chi connectivity index (χ4v) is 4.39. The third-order valence-electron chi connectivity index (χ3n) is 4.12. The molecule has 1 heterocycles. The third kappa shape index (κ3) is 3.84. The fraction of sp³-hybridized carbons (Fsp3) is 0.562. The van der Waals surface area contributed by atoms with Gasteiger partial charge in [0.15, 0.2) is 0 Å². The second-order valence-electron chi connectivity index (χ2n) is 6.36. The van der Waals surface area contributed by atoms with Crippen LogP contribution in [0.5, 0.6) is 0 Å². The first-order valence-electron chi connectivity index (χ1n) is 7.89. The molecule has 1 aromatic rings. The first-order valence-corrected chi connectivity index (χ1v) is 9.50. The quantitative estimate of drug-likeness (QED) is 0.858. The van der Waals surface area contributed by atoms with E-state index in [1.54, 1.807) is 19.1 Å². The van der Waals surface area contributed by atoms with Gasteiger partial charge in [-0.15, -0.1) is 0 Å². The summed E-state index contributed by atoms with van der Waals surface area (Å²) in [4.78, 5) is 12.3. The number of nitrogens with zero attached hydrogens (tertiary/aromatic N) is 1. The summed E-state index contributed by atoms with van der Waals surface area (Å²) in [5, 5.41) is 2.80. The van der Waals surface area contributed by atoms with Crippen molar-refractivity contribution in [1.82, 2.24) is 0 Å². The second-order valence-corrected chi connectivity index (χ2v) is 8.38. The molecule has 7 heteroatoms. The summed E-state index contributed by atoms with van der Waals surface area (Å²) in [6.07, 6.45) is 2.01. The number of anilines is 2. The minimum absolute atomic E-state index is 0.167. The van der Waals surface area contributed by atoms with Gasteiger partial charge in [-0.2, -0.15) is 0 Å². The number of nitrogens with one attached hydrogen (secondary N) is 1. The van der Waals surface area contributed by atoms with Gasteiger partial charge in [0.05, 0.1) is 17.0 Å². The lowest BCUT2D eigenvalue weighted by atomic mass is 9.96. The minimum Gasteiger partial charge on any atom is -0.324 e. The number of rotatable bonds is 5. The van der Waals surface area contributed by atoms with Crippen LogP contribution >= 0.6 is 0 Å². The SMILES string of the molecule is CCCC(C)(N)C(=O)Nc1ccc(C)c(N2CCCS2(=O)=O)c1. The summed E-state index contributed by atoms with van der Waals surface area (Å²) >= 11 is 0. The van der Waals surface area contributed by atoms with Gasteiger partial charge in [-0.3, -0.25) is 9.10 Å². The summed E-state index contributed by atoms with van der Waals surface area (Å²) in [6.45, 7) is 6.01. The maximum atomic E-state index is 12.3. The van der Waals surface area contributed by atoms with Crippen LogP contribution in [0.4, 0.5) is 11.4 Å². The second kappa shape index (κ2) is 6.49. The fourth-order valence-electron chi connectivity index (χ4n) is 2.77. The molecule has 0 bridgehead atoms. The van der Waals surface area contributed by atoms with Crippen molar-refractivity contribution in [3.63, 3.8) is 0 Å². The predicted molar refractivity (Wildman–Crippen MR) is 93.1 cm³/mol. The number of benzene rings is 1. The highest BCUT2D eigenvalue weighted by atomic mass is 32.2. The minimum atomic E-state index is -3.25. The highest BCUT2D eigenvalue weighted by Gasteiger charge is 2.30. The molecule has 0 radical (unpaired) electrons. The van der Waals surface area contributed by atoms with E-state index in [0.717, 1.165) is 12.0 Å². The van der Waals surface area contributed by atoms with Gasteiger partial charge in [-0.05, 0) is 44.4 Å². The van der Waals surface area contributed by atoms with Crippen LogP contribution in [0, 0.1) is 6.92 Å². The largest absolute Gasteiger partial charge is 0.324 e. The lowest BCUT2D eigenvalue weighted by Crippen LogP contribution is -2.48. The van der Waals surface area contributed by atoms with Crippen LogP contribution in [-0.2, 0) is 14.8 Å². The van der Waals surface area contributed by atoms with Gasteiger partial charge in [0, 0.05) is 12.2 Å². The van der Waals surface area contributed by atoms with E-state index >= 15 is 0 Å². The monoisotopic (exact) mass is 339 g/mol. The van der Waals surface area contributed by atoms with Crippen molar-refractivity contribution in [2.24, 2.45) is 5.73 Å². The molecule has 1 unspecified atom stereocenters. The van der Waals surface area contributed by atoms with Crippen molar-refractivity contribution in [3.8, 4) is 0 Å². The van der Waals surface area contributed by atoms with Crippen LogP contribution in [0.2, 0.25) is 0 Å². The Morgan fingerprint density at radius 3 is 2.70 bits per heavy atom. The van der Waals surface area contributed by atoms with Crippen LogP contribution in [0.25, 0.3) is 0 Å². The van der Waals surface area contributed by atoms with Gasteiger partial charge in [-0.25, -0.2) is 8.42 Å². The zero-order valence-electron chi connectivity index (χ0n) is 13.9. The van der Waals surface area contributed by atoms with E-state index < -0.39 is 15.6 Å². The Hall–Kier alpha value is -1.60. The molecule has 0 spiro atoms. The maximum Gasteiger partial charge on any atom is 0.244 e. The number of carbonyl (C=O) groups is 1. The molecule has 23 heavy (non-hydrogen) atoms.